The first-order chi connectivity index (χ1) is 11.5. The van der Waals surface area contributed by atoms with Crippen molar-refractivity contribution in [2.75, 3.05) is 19.6 Å². The van der Waals surface area contributed by atoms with Crippen LogP contribution in [0.25, 0.3) is 0 Å². The van der Waals surface area contributed by atoms with Crippen LogP contribution in [-0.4, -0.2) is 37.4 Å². The zero-order valence-electron chi connectivity index (χ0n) is 14.9. The molecule has 1 atom stereocenters. The molecule has 0 aromatic rings. The summed E-state index contributed by atoms with van der Waals surface area (Å²) in [5.41, 5.74) is 0.859. The van der Waals surface area contributed by atoms with Crippen LogP contribution < -0.4 is 16.0 Å². The van der Waals surface area contributed by atoms with Crippen molar-refractivity contribution in [3.05, 3.63) is 23.3 Å². The number of hydrogen-bond acceptors (Lipinski definition) is 3. The fourth-order valence-corrected chi connectivity index (χ4v) is 2.35. The van der Waals surface area contributed by atoms with Gasteiger partial charge in [0.05, 0.1) is 5.92 Å². The lowest BCUT2D eigenvalue weighted by atomic mass is 9.88. The number of rotatable bonds is 9. The molecule has 0 saturated carbocycles. The van der Waals surface area contributed by atoms with Crippen LogP contribution in [0.1, 0.15) is 46.5 Å². The number of nitrogens with one attached hydrogen (secondary N) is 3. The Balaban J connectivity index is 2.93. The molecule has 0 heterocycles. The third-order valence-corrected chi connectivity index (χ3v) is 3.66. The molecule has 134 valence electrons. The standard InChI is InChI=1S/C18H29N3O3/c1-4-7-19-16(22)13-10-14(17(23)20-8-5-2)12-15(11-13)18(24)21-9-6-3/h10-11,14H,4-9,12H2,1-3H3,(H,19,22)(H,20,23)(H,21,24). The molecule has 0 aromatic carbocycles. The van der Waals surface area contributed by atoms with Crippen molar-refractivity contribution in [3.8, 4) is 0 Å². The lowest BCUT2D eigenvalue weighted by Gasteiger charge is -2.21. The fourth-order valence-electron chi connectivity index (χ4n) is 2.35. The monoisotopic (exact) mass is 335 g/mol. The molecule has 6 heteroatoms. The molecular formula is C18H29N3O3. The van der Waals surface area contributed by atoms with E-state index in [4.69, 9.17) is 0 Å². The van der Waals surface area contributed by atoms with E-state index >= 15 is 0 Å². The second kappa shape index (κ2) is 10.6. The van der Waals surface area contributed by atoms with Gasteiger partial charge in [0.25, 0.3) is 5.91 Å². The maximum atomic E-state index is 12.3. The van der Waals surface area contributed by atoms with E-state index in [2.05, 4.69) is 16.0 Å². The summed E-state index contributed by atoms with van der Waals surface area (Å²) in [4.78, 5) is 36.8. The predicted molar refractivity (Wildman–Crippen MR) is 94.2 cm³/mol. The van der Waals surface area contributed by atoms with Crippen LogP contribution in [0.3, 0.4) is 0 Å². The highest BCUT2D eigenvalue weighted by atomic mass is 16.2. The average Bonchev–Trinajstić information content (AvgIpc) is 2.61. The smallest absolute Gasteiger partial charge is 0.250 e. The van der Waals surface area contributed by atoms with Gasteiger partial charge in [-0.15, -0.1) is 0 Å². The van der Waals surface area contributed by atoms with Crippen LogP contribution in [0.4, 0.5) is 0 Å². The summed E-state index contributed by atoms with van der Waals surface area (Å²) in [6.45, 7) is 7.64. The van der Waals surface area contributed by atoms with Crippen LogP contribution in [0.15, 0.2) is 23.3 Å². The molecule has 0 aliphatic heterocycles. The normalized spacial score (nSPS) is 16.7. The Morgan fingerprint density at radius 2 is 1.46 bits per heavy atom. The summed E-state index contributed by atoms with van der Waals surface area (Å²) >= 11 is 0. The van der Waals surface area contributed by atoms with Crippen molar-refractivity contribution in [2.45, 2.75) is 46.5 Å². The van der Waals surface area contributed by atoms with Crippen molar-refractivity contribution in [2.24, 2.45) is 5.92 Å². The van der Waals surface area contributed by atoms with Crippen LogP contribution in [-0.2, 0) is 14.4 Å². The minimum atomic E-state index is -0.494. The molecule has 0 saturated heterocycles. The largest absolute Gasteiger partial charge is 0.356 e. The molecule has 6 nitrogen and oxygen atoms in total. The highest BCUT2D eigenvalue weighted by Gasteiger charge is 2.27. The molecule has 0 aromatic heterocycles. The Bertz CT molecular complexity index is 524. The zero-order valence-corrected chi connectivity index (χ0v) is 14.9. The van der Waals surface area contributed by atoms with E-state index in [-0.39, 0.29) is 17.7 Å². The van der Waals surface area contributed by atoms with Gasteiger partial charge in [0.15, 0.2) is 0 Å². The highest BCUT2D eigenvalue weighted by Crippen LogP contribution is 2.23. The van der Waals surface area contributed by atoms with Gasteiger partial charge in [0.2, 0.25) is 11.8 Å². The van der Waals surface area contributed by atoms with E-state index in [1.54, 1.807) is 12.2 Å². The molecule has 0 spiro atoms. The van der Waals surface area contributed by atoms with E-state index in [1.807, 2.05) is 20.8 Å². The Kier molecular flexibility index (Phi) is 8.83. The van der Waals surface area contributed by atoms with Gasteiger partial charge in [-0.25, -0.2) is 0 Å². The van der Waals surface area contributed by atoms with Crippen molar-refractivity contribution >= 4 is 17.7 Å². The lowest BCUT2D eigenvalue weighted by Crippen LogP contribution is -2.36. The summed E-state index contributed by atoms with van der Waals surface area (Å²) in [6.07, 6.45) is 6.07. The summed E-state index contributed by atoms with van der Waals surface area (Å²) in [5, 5.41) is 8.43. The average molecular weight is 335 g/mol. The quantitative estimate of drug-likeness (QED) is 0.596. The third kappa shape index (κ3) is 6.18. The molecule has 1 unspecified atom stereocenters. The van der Waals surface area contributed by atoms with Gasteiger partial charge in [-0.3, -0.25) is 14.4 Å². The first-order valence-electron chi connectivity index (χ1n) is 8.79. The minimum absolute atomic E-state index is 0.147. The Labute approximate surface area is 144 Å². The third-order valence-electron chi connectivity index (χ3n) is 3.66. The molecule has 1 aliphatic carbocycles. The minimum Gasteiger partial charge on any atom is -0.356 e. The van der Waals surface area contributed by atoms with Crippen LogP contribution in [0.2, 0.25) is 0 Å². The van der Waals surface area contributed by atoms with Crippen molar-refractivity contribution in [1.29, 1.82) is 0 Å². The SMILES string of the molecule is CCCNC(=O)C1=CC(C(=O)NCCC)CC(C(=O)NCCC)=C1. The van der Waals surface area contributed by atoms with Gasteiger partial charge in [0.1, 0.15) is 0 Å². The maximum absolute atomic E-state index is 12.3. The molecule has 1 rings (SSSR count). The molecule has 0 bridgehead atoms. The molecule has 0 radical (unpaired) electrons. The van der Waals surface area contributed by atoms with Gasteiger partial charge < -0.3 is 16.0 Å². The van der Waals surface area contributed by atoms with Gasteiger partial charge in [0, 0.05) is 30.8 Å². The van der Waals surface area contributed by atoms with Crippen molar-refractivity contribution in [3.63, 3.8) is 0 Å². The Morgan fingerprint density at radius 1 is 0.917 bits per heavy atom. The van der Waals surface area contributed by atoms with Gasteiger partial charge >= 0.3 is 0 Å². The number of carbonyl (C=O) groups excluding carboxylic acids is 3. The molecule has 24 heavy (non-hydrogen) atoms. The van der Waals surface area contributed by atoms with Gasteiger partial charge in [-0.2, -0.15) is 0 Å². The highest BCUT2D eigenvalue weighted by molar-refractivity contribution is 6.03. The zero-order chi connectivity index (χ0) is 17.9. The topological polar surface area (TPSA) is 87.3 Å². The van der Waals surface area contributed by atoms with E-state index in [1.165, 1.54) is 0 Å². The van der Waals surface area contributed by atoms with Crippen LogP contribution in [0.5, 0.6) is 0 Å². The fraction of sp³-hybridized carbons (Fsp3) is 0.611. The first-order valence-corrected chi connectivity index (χ1v) is 8.79. The second-order valence-electron chi connectivity index (χ2n) is 5.91. The summed E-state index contributed by atoms with van der Waals surface area (Å²) in [7, 11) is 0. The number of carbonyl (C=O) groups is 3. The Morgan fingerprint density at radius 3 is 2.04 bits per heavy atom. The van der Waals surface area contributed by atoms with Crippen molar-refractivity contribution < 1.29 is 14.4 Å². The van der Waals surface area contributed by atoms with E-state index in [0.717, 1.165) is 19.3 Å². The number of amides is 3. The first kappa shape index (κ1) is 19.9. The van der Waals surface area contributed by atoms with Gasteiger partial charge in [-0.1, -0.05) is 26.8 Å². The van der Waals surface area contributed by atoms with E-state index < -0.39 is 5.92 Å². The molecule has 3 N–H and O–H groups in total. The lowest BCUT2D eigenvalue weighted by molar-refractivity contribution is -0.123. The van der Waals surface area contributed by atoms with Gasteiger partial charge in [-0.05, 0) is 31.8 Å². The van der Waals surface area contributed by atoms with Crippen LogP contribution >= 0.6 is 0 Å². The van der Waals surface area contributed by atoms with E-state index in [0.29, 0.717) is 37.2 Å². The molecule has 3 amide bonds. The number of hydrogen-bond donors (Lipinski definition) is 3. The summed E-state index contributed by atoms with van der Waals surface area (Å²) in [6, 6.07) is 0. The molecule has 1 aliphatic rings. The van der Waals surface area contributed by atoms with E-state index in [9.17, 15) is 14.4 Å². The predicted octanol–water partition coefficient (Wildman–Crippen LogP) is 1.44. The molecule has 0 fully saturated rings. The van der Waals surface area contributed by atoms with Crippen LogP contribution in [0, 0.1) is 5.92 Å². The second-order valence-corrected chi connectivity index (χ2v) is 5.91. The summed E-state index contributed by atoms with van der Waals surface area (Å²) in [5.74, 6) is -1.09. The Hall–Kier alpha value is -2.11. The summed E-state index contributed by atoms with van der Waals surface area (Å²) < 4.78 is 0. The maximum Gasteiger partial charge on any atom is 0.250 e. The molecular weight excluding hydrogens is 306 g/mol. The van der Waals surface area contributed by atoms with Crippen molar-refractivity contribution in [1.82, 2.24) is 16.0 Å².